The van der Waals surface area contributed by atoms with Gasteiger partial charge in [-0.3, -0.25) is 4.90 Å². The van der Waals surface area contributed by atoms with Crippen molar-refractivity contribution >= 4 is 17.2 Å². The molecule has 0 unspecified atom stereocenters. The molecule has 7 nitrogen and oxygen atoms in total. The topological polar surface area (TPSA) is 76.0 Å². The minimum Gasteiger partial charge on any atom is -0.395 e. The third-order valence-corrected chi connectivity index (χ3v) is 6.06. The van der Waals surface area contributed by atoms with Crippen LogP contribution in [-0.4, -0.2) is 84.1 Å². The number of halogens is 3. The van der Waals surface area contributed by atoms with Crippen LogP contribution in [-0.2, 0) is 6.18 Å². The van der Waals surface area contributed by atoms with E-state index in [1.165, 1.54) is 6.07 Å². The standard InChI is InChI=1S/C25H32F3N5O2/c1-3-20(19(2)21-4-6-23(29-16-21)33(12-14-34)13-15-35)18-31-8-10-32(11-9-31)24-7-5-22(17-30-24)25(26,27)28/h3-7,16-17,34-35H,2,8-15,18H2,1H3/b20-3-. The van der Waals surface area contributed by atoms with Crippen molar-refractivity contribution in [2.75, 3.05) is 68.8 Å². The average molecular weight is 492 g/mol. The van der Waals surface area contributed by atoms with E-state index >= 15 is 0 Å². The molecule has 0 radical (unpaired) electrons. The van der Waals surface area contributed by atoms with E-state index in [9.17, 15) is 23.4 Å². The fraction of sp³-hybridized carbons (Fsp3) is 0.440. The predicted molar refractivity (Wildman–Crippen MR) is 131 cm³/mol. The van der Waals surface area contributed by atoms with Gasteiger partial charge in [-0.05, 0) is 47.9 Å². The van der Waals surface area contributed by atoms with E-state index < -0.39 is 11.7 Å². The largest absolute Gasteiger partial charge is 0.417 e. The molecule has 0 spiro atoms. The Morgan fingerprint density at radius 2 is 1.71 bits per heavy atom. The Hall–Kier alpha value is -2.95. The quantitative estimate of drug-likeness (QED) is 0.495. The van der Waals surface area contributed by atoms with Gasteiger partial charge in [0.2, 0.25) is 0 Å². The monoisotopic (exact) mass is 491 g/mol. The lowest BCUT2D eigenvalue weighted by Crippen LogP contribution is -2.47. The molecule has 0 bridgehead atoms. The van der Waals surface area contributed by atoms with Crippen LogP contribution in [0.15, 0.2) is 54.9 Å². The SMILES string of the molecule is C=C(/C(=C\C)CN1CCN(c2ccc(C(F)(F)F)cn2)CC1)c1ccc(N(CCO)CCO)nc1. The Balaban J connectivity index is 1.57. The number of hydrogen-bond acceptors (Lipinski definition) is 7. The molecule has 2 aromatic heterocycles. The third-order valence-electron chi connectivity index (χ3n) is 6.06. The second-order valence-corrected chi connectivity index (χ2v) is 8.30. The van der Waals surface area contributed by atoms with Gasteiger partial charge in [0.1, 0.15) is 11.6 Å². The highest BCUT2D eigenvalue weighted by molar-refractivity contribution is 5.77. The first-order chi connectivity index (χ1) is 16.8. The molecule has 1 aliphatic rings. The number of rotatable bonds is 10. The van der Waals surface area contributed by atoms with E-state index in [0.29, 0.717) is 44.4 Å². The minimum absolute atomic E-state index is 0.0267. The van der Waals surface area contributed by atoms with Crippen molar-refractivity contribution in [1.29, 1.82) is 0 Å². The van der Waals surface area contributed by atoms with Gasteiger partial charge in [0.15, 0.2) is 0 Å². The molecule has 35 heavy (non-hydrogen) atoms. The van der Waals surface area contributed by atoms with Crippen LogP contribution in [0.3, 0.4) is 0 Å². The van der Waals surface area contributed by atoms with Gasteiger partial charge >= 0.3 is 6.18 Å². The Labute approximate surface area is 203 Å². The lowest BCUT2D eigenvalue weighted by Gasteiger charge is -2.36. The number of aliphatic hydroxyl groups is 2. The first kappa shape index (κ1) is 26.7. The molecule has 0 saturated carbocycles. The second kappa shape index (κ2) is 12.1. The molecular weight excluding hydrogens is 459 g/mol. The van der Waals surface area contributed by atoms with Crippen LogP contribution in [0.25, 0.3) is 5.57 Å². The van der Waals surface area contributed by atoms with Gasteiger partial charge in [-0.2, -0.15) is 13.2 Å². The Morgan fingerprint density at radius 1 is 1.03 bits per heavy atom. The molecule has 2 aromatic rings. The van der Waals surface area contributed by atoms with Crippen LogP contribution < -0.4 is 9.80 Å². The summed E-state index contributed by atoms with van der Waals surface area (Å²) in [5.74, 6) is 1.23. The van der Waals surface area contributed by atoms with E-state index in [-0.39, 0.29) is 13.2 Å². The summed E-state index contributed by atoms with van der Waals surface area (Å²) >= 11 is 0. The molecule has 3 heterocycles. The number of pyridine rings is 2. The fourth-order valence-corrected chi connectivity index (χ4v) is 4.00. The van der Waals surface area contributed by atoms with E-state index in [0.717, 1.165) is 42.1 Å². The summed E-state index contributed by atoms with van der Waals surface area (Å²) in [5, 5.41) is 18.4. The smallest absolute Gasteiger partial charge is 0.395 e. The van der Waals surface area contributed by atoms with Crippen molar-refractivity contribution in [3.05, 3.63) is 66.0 Å². The number of aromatic nitrogens is 2. The number of allylic oxidation sites excluding steroid dienone is 1. The van der Waals surface area contributed by atoms with E-state index in [1.54, 1.807) is 6.20 Å². The maximum atomic E-state index is 12.8. The summed E-state index contributed by atoms with van der Waals surface area (Å²) in [7, 11) is 0. The van der Waals surface area contributed by atoms with E-state index in [2.05, 4.69) is 21.4 Å². The summed E-state index contributed by atoms with van der Waals surface area (Å²) in [6, 6.07) is 6.29. The normalized spacial score (nSPS) is 15.4. The van der Waals surface area contributed by atoms with Crippen LogP contribution in [0.1, 0.15) is 18.1 Å². The van der Waals surface area contributed by atoms with E-state index in [1.807, 2.05) is 34.9 Å². The van der Waals surface area contributed by atoms with Gasteiger partial charge in [0.25, 0.3) is 0 Å². The molecule has 0 amide bonds. The Morgan fingerprint density at radius 3 is 2.20 bits per heavy atom. The molecule has 190 valence electrons. The second-order valence-electron chi connectivity index (χ2n) is 8.30. The molecule has 1 aliphatic heterocycles. The third kappa shape index (κ3) is 7.03. The van der Waals surface area contributed by atoms with Crippen LogP contribution in [0.2, 0.25) is 0 Å². The van der Waals surface area contributed by atoms with Crippen LogP contribution >= 0.6 is 0 Å². The predicted octanol–water partition coefficient (Wildman–Crippen LogP) is 3.07. The van der Waals surface area contributed by atoms with Gasteiger partial charge < -0.3 is 20.0 Å². The fourth-order valence-electron chi connectivity index (χ4n) is 4.00. The van der Waals surface area contributed by atoms with Gasteiger partial charge in [-0.25, -0.2) is 9.97 Å². The van der Waals surface area contributed by atoms with Crippen molar-refractivity contribution in [2.24, 2.45) is 0 Å². The molecule has 0 aliphatic carbocycles. The maximum Gasteiger partial charge on any atom is 0.417 e. The number of nitrogens with zero attached hydrogens (tertiary/aromatic N) is 5. The lowest BCUT2D eigenvalue weighted by molar-refractivity contribution is -0.137. The summed E-state index contributed by atoms with van der Waals surface area (Å²) in [4.78, 5) is 14.6. The lowest BCUT2D eigenvalue weighted by atomic mass is 10.00. The summed E-state index contributed by atoms with van der Waals surface area (Å²) in [6.45, 7) is 10.5. The number of alkyl halides is 3. The van der Waals surface area contributed by atoms with Crippen molar-refractivity contribution in [3.8, 4) is 0 Å². The van der Waals surface area contributed by atoms with Crippen molar-refractivity contribution in [2.45, 2.75) is 13.1 Å². The number of anilines is 2. The molecule has 0 atom stereocenters. The highest BCUT2D eigenvalue weighted by Crippen LogP contribution is 2.30. The highest BCUT2D eigenvalue weighted by atomic mass is 19.4. The zero-order valence-electron chi connectivity index (χ0n) is 19.9. The van der Waals surface area contributed by atoms with Crippen LogP contribution in [0.4, 0.5) is 24.8 Å². The van der Waals surface area contributed by atoms with Crippen molar-refractivity contribution in [3.63, 3.8) is 0 Å². The Bertz CT molecular complexity index is 980. The summed E-state index contributed by atoms with van der Waals surface area (Å²) in [5.41, 5.74) is 2.09. The summed E-state index contributed by atoms with van der Waals surface area (Å²) in [6.07, 6.45) is 0.278. The van der Waals surface area contributed by atoms with Gasteiger partial charge in [-0.15, -0.1) is 0 Å². The summed E-state index contributed by atoms with van der Waals surface area (Å²) < 4.78 is 38.3. The molecule has 1 saturated heterocycles. The van der Waals surface area contributed by atoms with E-state index in [4.69, 9.17) is 0 Å². The molecule has 2 N–H and O–H groups in total. The highest BCUT2D eigenvalue weighted by Gasteiger charge is 2.31. The first-order valence-corrected chi connectivity index (χ1v) is 11.5. The van der Waals surface area contributed by atoms with Gasteiger partial charge in [-0.1, -0.05) is 12.7 Å². The van der Waals surface area contributed by atoms with Gasteiger partial charge in [0, 0.05) is 58.2 Å². The zero-order chi connectivity index (χ0) is 25.4. The van der Waals surface area contributed by atoms with Gasteiger partial charge in [0.05, 0.1) is 18.8 Å². The van der Waals surface area contributed by atoms with Crippen molar-refractivity contribution < 1.29 is 23.4 Å². The number of hydrogen-bond donors (Lipinski definition) is 2. The molecular formula is C25H32F3N5O2. The average Bonchev–Trinajstić information content (AvgIpc) is 2.87. The number of aliphatic hydroxyl groups excluding tert-OH is 2. The minimum atomic E-state index is -4.39. The maximum absolute atomic E-state index is 12.8. The number of piperazine rings is 1. The Kier molecular flexibility index (Phi) is 9.25. The first-order valence-electron chi connectivity index (χ1n) is 11.5. The van der Waals surface area contributed by atoms with Crippen LogP contribution in [0.5, 0.6) is 0 Å². The van der Waals surface area contributed by atoms with Crippen LogP contribution in [0, 0.1) is 0 Å². The van der Waals surface area contributed by atoms with Crippen molar-refractivity contribution in [1.82, 2.24) is 14.9 Å². The zero-order valence-corrected chi connectivity index (χ0v) is 19.9. The molecule has 10 heteroatoms. The molecule has 1 fully saturated rings. The molecule has 3 rings (SSSR count). The molecule has 0 aromatic carbocycles.